The van der Waals surface area contributed by atoms with Crippen molar-refractivity contribution < 1.29 is 0 Å². The SMILES string of the molecule is Cc1cccc(CCNc2ccc3ccccc3n2)c1. The summed E-state index contributed by atoms with van der Waals surface area (Å²) in [6.07, 6.45) is 1.01. The van der Waals surface area contributed by atoms with Crippen molar-refractivity contribution in [2.75, 3.05) is 11.9 Å². The lowest BCUT2D eigenvalue weighted by Crippen LogP contribution is -2.06. The first-order valence-electron chi connectivity index (χ1n) is 6.96. The zero-order valence-electron chi connectivity index (χ0n) is 11.6. The number of aryl methyl sites for hydroxylation is 1. The summed E-state index contributed by atoms with van der Waals surface area (Å²) >= 11 is 0. The first-order chi connectivity index (χ1) is 9.81. The van der Waals surface area contributed by atoms with Gasteiger partial charge in [-0.2, -0.15) is 0 Å². The quantitative estimate of drug-likeness (QED) is 0.762. The molecule has 0 unspecified atom stereocenters. The van der Waals surface area contributed by atoms with Crippen molar-refractivity contribution in [3.63, 3.8) is 0 Å². The maximum Gasteiger partial charge on any atom is 0.126 e. The van der Waals surface area contributed by atoms with Crippen molar-refractivity contribution >= 4 is 16.7 Å². The molecule has 20 heavy (non-hydrogen) atoms. The van der Waals surface area contributed by atoms with E-state index in [1.807, 2.05) is 24.3 Å². The van der Waals surface area contributed by atoms with Crippen LogP contribution in [0.4, 0.5) is 5.82 Å². The first-order valence-corrected chi connectivity index (χ1v) is 6.96. The van der Waals surface area contributed by atoms with E-state index >= 15 is 0 Å². The Morgan fingerprint density at radius 2 is 1.85 bits per heavy atom. The van der Waals surface area contributed by atoms with Crippen LogP contribution < -0.4 is 5.32 Å². The molecule has 100 valence electrons. The average Bonchev–Trinajstić information content (AvgIpc) is 2.47. The molecule has 0 saturated carbocycles. The van der Waals surface area contributed by atoms with Gasteiger partial charge in [-0.1, -0.05) is 48.0 Å². The van der Waals surface area contributed by atoms with E-state index in [4.69, 9.17) is 0 Å². The van der Waals surface area contributed by atoms with Crippen LogP contribution in [0, 0.1) is 6.92 Å². The number of hydrogen-bond donors (Lipinski definition) is 1. The highest BCUT2D eigenvalue weighted by molar-refractivity contribution is 5.80. The highest BCUT2D eigenvalue weighted by Gasteiger charge is 1.98. The van der Waals surface area contributed by atoms with E-state index in [0.717, 1.165) is 24.3 Å². The summed E-state index contributed by atoms with van der Waals surface area (Å²) in [4.78, 5) is 4.61. The second kappa shape index (κ2) is 5.74. The number of benzene rings is 2. The fourth-order valence-corrected chi connectivity index (χ4v) is 2.37. The van der Waals surface area contributed by atoms with E-state index in [2.05, 4.69) is 53.6 Å². The van der Waals surface area contributed by atoms with Gasteiger partial charge in [0.2, 0.25) is 0 Å². The van der Waals surface area contributed by atoms with E-state index in [0.29, 0.717) is 0 Å². The molecule has 0 spiro atoms. The molecule has 0 atom stereocenters. The number of para-hydroxylation sites is 1. The van der Waals surface area contributed by atoms with Gasteiger partial charge in [-0.25, -0.2) is 4.98 Å². The third kappa shape index (κ3) is 2.97. The Hall–Kier alpha value is -2.35. The van der Waals surface area contributed by atoms with E-state index < -0.39 is 0 Å². The molecule has 2 heteroatoms. The van der Waals surface area contributed by atoms with E-state index in [1.54, 1.807) is 0 Å². The van der Waals surface area contributed by atoms with Crippen molar-refractivity contribution in [3.05, 3.63) is 71.8 Å². The third-order valence-corrected chi connectivity index (χ3v) is 3.40. The number of rotatable bonds is 4. The van der Waals surface area contributed by atoms with Gasteiger partial charge in [0.1, 0.15) is 5.82 Å². The van der Waals surface area contributed by atoms with Gasteiger partial charge in [0, 0.05) is 11.9 Å². The smallest absolute Gasteiger partial charge is 0.126 e. The van der Waals surface area contributed by atoms with E-state index in [1.165, 1.54) is 16.5 Å². The summed E-state index contributed by atoms with van der Waals surface area (Å²) in [7, 11) is 0. The fraction of sp³-hybridized carbons (Fsp3) is 0.167. The van der Waals surface area contributed by atoms with E-state index in [9.17, 15) is 0 Å². The number of pyridine rings is 1. The van der Waals surface area contributed by atoms with Crippen LogP contribution in [0.3, 0.4) is 0 Å². The van der Waals surface area contributed by atoms with Crippen LogP contribution in [0.15, 0.2) is 60.7 Å². The zero-order valence-corrected chi connectivity index (χ0v) is 11.6. The number of anilines is 1. The molecule has 0 saturated heterocycles. The summed E-state index contributed by atoms with van der Waals surface area (Å²) in [6, 6.07) is 21.0. The summed E-state index contributed by atoms with van der Waals surface area (Å²) in [5, 5.41) is 4.57. The molecule has 2 nitrogen and oxygen atoms in total. The van der Waals surface area contributed by atoms with Gasteiger partial charge in [0.25, 0.3) is 0 Å². The Kier molecular flexibility index (Phi) is 3.64. The van der Waals surface area contributed by atoms with Gasteiger partial charge >= 0.3 is 0 Å². The molecular formula is C18H18N2. The lowest BCUT2D eigenvalue weighted by atomic mass is 10.1. The molecule has 1 N–H and O–H groups in total. The summed E-state index contributed by atoms with van der Waals surface area (Å²) in [5.74, 6) is 0.941. The standard InChI is InChI=1S/C18H18N2/c1-14-5-4-6-15(13-14)11-12-19-18-10-9-16-7-2-3-8-17(16)20-18/h2-10,13H,11-12H2,1H3,(H,19,20). The molecule has 0 amide bonds. The van der Waals surface area contributed by atoms with Crippen molar-refractivity contribution in [2.24, 2.45) is 0 Å². The van der Waals surface area contributed by atoms with Crippen LogP contribution in [-0.4, -0.2) is 11.5 Å². The van der Waals surface area contributed by atoms with Crippen LogP contribution in [-0.2, 0) is 6.42 Å². The van der Waals surface area contributed by atoms with Crippen molar-refractivity contribution in [3.8, 4) is 0 Å². The average molecular weight is 262 g/mol. The fourth-order valence-electron chi connectivity index (χ4n) is 2.37. The van der Waals surface area contributed by atoms with Gasteiger partial charge in [-0.05, 0) is 37.1 Å². The Bertz CT molecular complexity index is 719. The molecule has 0 aliphatic heterocycles. The van der Waals surface area contributed by atoms with Crippen LogP contribution in [0.5, 0.6) is 0 Å². The number of hydrogen-bond acceptors (Lipinski definition) is 2. The maximum atomic E-state index is 4.61. The lowest BCUT2D eigenvalue weighted by Gasteiger charge is -2.07. The Labute approximate surface area is 119 Å². The molecule has 1 heterocycles. The van der Waals surface area contributed by atoms with Gasteiger partial charge in [-0.3, -0.25) is 0 Å². The van der Waals surface area contributed by atoms with E-state index in [-0.39, 0.29) is 0 Å². The summed E-state index contributed by atoms with van der Waals surface area (Å²) in [5.41, 5.74) is 3.71. The predicted octanol–water partition coefficient (Wildman–Crippen LogP) is 4.20. The first kappa shape index (κ1) is 12.7. The summed E-state index contributed by atoms with van der Waals surface area (Å²) < 4.78 is 0. The van der Waals surface area contributed by atoms with Crippen LogP contribution in [0.25, 0.3) is 10.9 Å². The minimum Gasteiger partial charge on any atom is -0.370 e. The molecule has 2 aromatic carbocycles. The maximum absolute atomic E-state index is 4.61. The van der Waals surface area contributed by atoms with Crippen LogP contribution in [0.2, 0.25) is 0 Å². The van der Waals surface area contributed by atoms with Crippen LogP contribution >= 0.6 is 0 Å². The van der Waals surface area contributed by atoms with Gasteiger partial charge in [0.05, 0.1) is 5.52 Å². The minimum atomic E-state index is 0.898. The molecule has 0 aliphatic rings. The van der Waals surface area contributed by atoms with Crippen molar-refractivity contribution in [1.82, 2.24) is 4.98 Å². The Morgan fingerprint density at radius 3 is 2.75 bits per heavy atom. The number of fused-ring (bicyclic) bond motifs is 1. The molecular weight excluding hydrogens is 244 g/mol. The monoisotopic (exact) mass is 262 g/mol. The number of nitrogens with one attached hydrogen (secondary N) is 1. The van der Waals surface area contributed by atoms with Crippen molar-refractivity contribution in [1.29, 1.82) is 0 Å². The largest absolute Gasteiger partial charge is 0.370 e. The molecule has 0 bridgehead atoms. The normalized spacial score (nSPS) is 10.7. The highest BCUT2D eigenvalue weighted by Crippen LogP contribution is 2.14. The van der Waals surface area contributed by atoms with Gasteiger partial charge < -0.3 is 5.32 Å². The topological polar surface area (TPSA) is 24.9 Å². The predicted molar refractivity (Wildman–Crippen MR) is 85.1 cm³/mol. The second-order valence-corrected chi connectivity index (χ2v) is 5.06. The third-order valence-electron chi connectivity index (χ3n) is 3.40. The molecule has 0 aliphatic carbocycles. The highest BCUT2D eigenvalue weighted by atomic mass is 15.0. The van der Waals surface area contributed by atoms with Crippen molar-refractivity contribution in [2.45, 2.75) is 13.3 Å². The second-order valence-electron chi connectivity index (χ2n) is 5.06. The Morgan fingerprint density at radius 1 is 0.950 bits per heavy atom. The molecule has 0 fully saturated rings. The molecule has 0 radical (unpaired) electrons. The Balaban J connectivity index is 1.65. The lowest BCUT2D eigenvalue weighted by molar-refractivity contribution is 1.01. The van der Waals surface area contributed by atoms with Crippen LogP contribution in [0.1, 0.15) is 11.1 Å². The van der Waals surface area contributed by atoms with Gasteiger partial charge in [-0.15, -0.1) is 0 Å². The summed E-state index contributed by atoms with van der Waals surface area (Å²) in [6.45, 7) is 3.02. The van der Waals surface area contributed by atoms with Gasteiger partial charge in [0.15, 0.2) is 0 Å². The molecule has 1 aromatic heterocycles. The number of nitrogens with zero attached hydrogens (tertiary/aromatic N) is 1. The minimum absolute atomic E-state index is 0.898. The number of aromatic nitrogens is 1. The zero-order chi connectivity index (χ0) is 13.8. The molecule has 3 rings (SSSR count). The molecule has 3 aromatic rings.